The van der Waals surface area contributed by atoms with E-state index in [2.05, 4.69) is 50.4 Å². The summed E-state index contributed by atoms with van der Waals surface area (Å²) in [6, 6.07) is 20.6. The fourth-order valence-corrected chi connectivity index (χ4v) is 6.24. The van der Waals surface area contributed by atoms with Crippen molar-refractivity contribution in [3.8, 4) is 0 Å². The third-order valence-corrected chi connectivity index (χ3v) is 7.20. The predicted octanol–water partition coefficient (Wildman–Crippen LogP) is 1.47. The van der Waals surface area contributed by atoms with Crippen LogP contribution in [0.3, 0.4) is 0 Å². The van der Waals surface area contributed by atoms with E-state index in [1.807, 2.05) is 36.4 Å². The Morgan fingerprint density at radius 3 is 2.00 bits per heavy atom. The second-order valence-corrected chi connectivity index (χ2v) is 10.1. The van der Waals surface area contributed by atoms with E-state index in [0.29, 0.717) is 13.2 Å². The summed E-state index contributed by atoms with van der Waals surface area (Å²) in [6.07, 6.45) is 0.476. The van der Waals surface area contributed by atoms with Crippen molar-refractivity contribution in [3.63, 3.8) is 0 Å². The second-order valence-electron chi connectivity index (χ2n) is 7.77. The maximum Gasteiger partial charge on any atom is 0.240 e. The van der Waals surface area contributed by atoms with Gasteiger partial charge in [-0.25, -0.2) is 0 Å². The van der Waals surface area contributed by atoms with Crippen molar-refractivity contribution in [1.82, 2.24) is 5.32 Å². The quantitative estimate of drug-likeness (QED) is 0.619. The van der Waals surface area contributed by atoms with E-state index < -0.39 is 20.9 Å². The molecule has 0 bridgehead atoms. The molecule has 1 aliphatic heterocycles. The molecule has 1 saturated heterocycles. The number of benzene rings is 2. The Bertz CT molecular complexity index is 670. The minimum Gasteiger partial charge on any atom is -0.403 e. The summed E-state index contributed by atoms with van der Waals surface area (Å²) in [7, 11) is -2.00. The zero-order chi connectivity index (χ0) is 18.6. The Morgan fingerprint density at radius 1 is 1.08 bits per heavy atom. The van der Waals surface area contributed by atoms with Gasteiger partial charge in [0.05, 0.1) is 12.7 Å². The molecule has 0 amide bonds. The first kappa shape index (κ1) is 19.0. The van der Waals surface area contributed by atoms with E-state index in [0.717, 1.165) is 6.29 Å². The molecule has 1 N–H and O–H groups in total. The van der Waals surface area contributed by atoms with Gasteiger partial charge < -0.3 is 9.16 Å². The summed E-state index contributed by atoms with van der Waals surface area (Å²) in [6.45, 7) is 7.43. The highest BCUT2D eigenvalue weighted by Crippen LogP contribution is 2.33. The largest absolute Gasteiger partial charge is 0.403 e. The Kier molecular flexibility index (Phi) is 5.72. The summed E-state index contributed by atoms with van der Waals surface area (Å²) in [5.74, 6) is 0. The van der Waals surface area contributed by atoms with E-state index >= 15 is 0 Å². The van der Waals surface area contributed by atoms with Crippen molar-refractivity contribution in [3.05, 3.63) is 60.7 Å². The second kappa shape index (κ2) is 7.84. The molecule has 0 spiro atoms. The van der Waals surface area contributed by atoms with E-state index in [-0.39, 0.29) is 5.41 Å². The molecule has 2 aromatic rings. The van der Waals surface area contributed by atoms with Crippen LogP contribution in [0.2, 0.25) is 0 Å². The predicted molar refractivity (Wildman–Crippen MR) is 106 cm³/mol. The SMILES string of the molecule is CC(C)(C)C(O[SiH](c1ccccc1)c1ccccc1)C1(C=O)NCCO1. The molecule has 138 valence electrons. The van der Waals surface area contributed by atoms with Gasteiger partial charge in [-0.1, -0.05) is 81.4 Å². The molecule has 2 unspecified atom stereocenters. The first-order valence-corrected chi connectivity index (χ1v) is 10.7. The van der Waals surface area contributed by atoms with Gasteiger partial charge in [-0.3, -0.25) is 10.1 Å². The molecule has 2 aromatic carbocycles. The number of nitrogens with one attached hydrogen (secondary N) is 1. The number of hydrogen-bond acceptors (Lipinski definition) is 4. The molecule has 4 nitrogen and oxygen atoms in total. The van der Waals surface area contributed by atoms with E-state index in [1.54, 1.807) is 0 Å². The first-order valence-electron chi connectivity index (χ1n) is 9.07. The van der Waals surface area contributed by atoms with Crippen molar-refractivity contribution in [2.45, 2.75) is 32.6 Å². The van der Waals surface area contributed by atoms with Crippen molar-refractivity contribution in [1.29, 1.82) is 0 Å². The van der Waals surface area contributed by atoms with Gasteiger partial charge in [0.15, 0.2) is 6.29 Å². The highest BCUT2D eigenvalue weighted by Gasteiger charge is 2.50. The molecule has 1 aliphatic rings. The Hall–Kier alpha value is -1.79. The lowest BCUT2D eigenvalue weighted by Crippen LogP contribution is -2.63. The van der Waals surface area contributed by atoms with E-state index in [1.165, 1.54) is 10.4 Å². The maximum atomic E-state index is 12.0. The molecule has 0 aromatic heterocycles. The lowest BCUT2D eigenvalue weighted by Gasteiger charge is -2.42. The van der Waals surface area contributed by atoms with Crippen LogP contribution in [0.15, 0.2) is 60.7 Å². The van der Waals surface area contributed by atoms with Crippen LogP contribution in [0.1, 0.15) is 20.8 Å². The van der Waals surface area contributed by atoms with Crippen LogP contribution in [-0.4, -0.2) is 40.3 Å². The summed E-state index contributed by atoms with van der Waals surface area (Å²) < 4.78 is 12.7. The zero-order valence-electron chi connectivity index (χ0n) is 15.6. The minimum absolute atomic E-state index is 0.271. The molecule has 1 heterocycles. The Labute approximate surface area is 157 Å². The zero-order valence-corrected chi connectivity index (χ0v) is 16.8. The summed E-state index contributed by atoms with van der Waals surface area (Å²) >= 11 is 0. The molecule has 0 radical (unpaired) electrons. The van der Waals surface area contributed by atoms with Crippen LogP contribution < -0.4 is 15.7 Å². The van der Waals surface area contributed by atoms with Gasteiger partial charge >= 0.3 is 0 Å². The topological polar surface area (TPSA) is 47.6 Å². The third kappa shape index (κ3) is 3.96. The summed E-state index contributed by atoms with van der Waals surface area (Å²) in [5.41, 5.74) is -1.36. The monoisotopic (exact) mass is 369 g/mol. The van der Waals surface area contributed by atoms with Crippen LogP contribution in [0.4, 0.5) is 0 Å². The normalized spacial score (nSPS) is 21.7. The number of ether oxygens (including phenoxy) is 1. The molecule has 5 heteroatoms. The Morgan fingerprint density at radius 2 is 1.62 bits per heavy atom. The molecule has 3 rings (SSSR count). The number of rotatable bonds is 6. The summed E-state index contributed by atoms with van der Waals surface area (Å²) in [5, 5.41) is 5.62. The molecule has 0 aliphatic carbocycles. The van der Waals surface area contributed by atoms with Crippen LogP contribution >= 0.6 is 0 Å². The molecule has 1 fully saturated rings. The first-order chi connectivity index (χ1) is 12.5. The fraction of sp³-hybridized carbons (Fsp3) is 0.381. The summed E-state index contributed by atoms with van der Waals surface area (Å²) in [4.78, 5) is 12.0. The maximum absolute atomic E-state index is 12.0. The molecule has 26 heavy (non-hydrogen) atoms. The molecular formula is C21H27NO3Si. The van der Waals surface area contributed by atoms with Crippen LogP contribution in [0, 0.1) is 5.41 Å². The van der Waals surface area contributed by atoms with Crippen molar-refractivity contribution < 1.29 is 14.0 Å². The van der Waals surface area contributed by atoms with E-state index in [4.69, 9.17) is 9.16 Å². The highest BCUT2D eigenvalue weighted by molar-refractivity contribution is 6.80. The average molecular weight is 370 g/mol. The lowest BCUT2D eigenvalue weighted by molar-refractivity contribution is -0.152. The minimum atomic E-state index is -2.00. The van der Waals surface area contributed by atoms with Crippen molar-refractivity contribution in [2.24, 2.45) is 5.41 Å². The average Bonchev–Trinajstić information content (AvgIpc) is 3.13. The van der Waals surface area contributed by atoms with Crippen molar-refractivity contribution in [2.75, 3.05) is 13.2 Å². The van der Waals surface area contributed by atoms with Gasteiger partial charge in [0.25, 0.3) is 0 Å². The molecular weight excluding hydrogens is 342 g/mol. The fourth-order valence-electron chi connectivity index (χ4n) is 3.51. The lowest BCUT2D eigenvalue weighted by atomic mass is 9.83. The van der Waals surface area contributed by atoms with Crippen LogP contribution in [0.25, 0.3) is 0 Å². The highest BCUT2D eigenvalue weighted by atomic mass is 28.3. The molecule has 2 atom stereocenters. The van der Waals surface area contributed by atoms with Crippen LogP contribution in [0.5, 0.6) is 0 Å². The third-order valence-electron chi connectivity index (χ3n) is 4.67. The van der Waals surface area contributed by atoms with Crippen molar-refractivity contribution >= 4 is 25.7 Å². The van der Waals surface area contributed by atoms with Gasteiger partial charge in [0, 0.05) is 6.54 Å². The number of aldehydes is 1. The van der Waals surface area contributed by atoms with Crippen LogP contribution in [-0.2, 0) is 14.0 Å². The van der Waals surface area contributed by atoms with E-state index in [9.17, 15) is 4.79 Å². The van der Waals surface area contributed by atoms with Gasteiger partial charge in [-0.2, -0.15) is 0 Å². The smallest absolute Gasteiger partial charge is 0.240 e. The molecule has 0 saturated carbocycles. The number of hydrogen-bond donors (Lipinski definition) is 1. The Balaban J connectivity index is 2.01. The standard InChI is InChI=1S/C21H27NO3Si/c1-20(2,3)19(21(16-23)22-14-15-24-21)25-26(17-10-6-4-7-11-17)18-12-8-5-9-13-18/h4-13,16,19,22,26H,14-15H2,1-3H3. The van der Waals surface area contributed by atoms with Gasteiger partial charge in [-0.15, -0.1) is 0 Å². The van der Waals surface area contributed by atoms with Gasteiger partial charge in [-0.05, 0) is 15.8 Å². The van der Waals surface area contributed by atoms with Gasteiger partial charge in [0.2, 0.25) is 14.8 Å². The number of carbonyl (C=O) groups excluding carboxylic acids is 1. The van der Waals surface area contributed by atoms with Gasteiger partial charge in [0.1, 0.15) is 0 Å². The number of carbonyl (C=O) groups is 1.